The van der Waals surface area contributed by atoms with Crippen molar-refractivity contribution in [1.29, 1.82) is 0 Å². The van der Waals surface area contributed by atoms with Crippen molar-refractivity contribution in [3.05, 3.63) is 24.0 Å². The van der Waals surface area contributed by atoms with Crippen LogP contribution in [0.5, 0.6) is 0 Å². The number of carboxylic acid groups (broad SMARTS) is 1. The molecule has 0 spiro atoms. The van der Waals surface area contributed by atoms with Gasteiger partial charge >= 0.3 is 5.97 Å². The summed E-state index contributed by atoms with van der Waals surface area (Å²) in [4.78, 5) is 25.2. The summed E-state index contributed by atoms with van der Waals surface area (Å²) in [5.74, 6) is -1.31. The Morgan fingerprint density at radius 1 is 1.42 bits per heavy atom. The van der Waals surface area contributed by atoms with Gasteiger partial charge in [0.25, 0.3) is 5.91 Å². The van der Waals surface area contributed by atoms with Gasteiger partial charge in [-0.1, -0.05) is 13.8 Å². The second-order valence-corrected chi connectivity index (χ2v) is 5.22. The lowest BCUT2D eigenvalue weighted by molar-refractivity contribution is -0.142. The molecule has 5 heteroatoms. The van der Waals surface area contributed by atoms with E-state index in [9.17, 15) is 9.59 Å². The van der Waals surface area contributed by atoms with E-state index < -0.39 is 11.9 Å². The Balaban J connectivity index is 2.12. The minimum Gasteiger partial charge on any atom is -0.481 e. The number of rotatable bonds is 4. The maximum atomic E-state index is 12.4. The lowest BCUT2D eigenvalue weighted by Gasteiger charge is -2.17. The third kappa shape index (κ3) is 2.64. The zero-order valence-corrected chi connectivity index (χ0v) is 11.4. The molecule has 1 aromatic heterocycles. The molecule has 104 valence electrons. The van der Waals surface area contributed by atoms with Crippen molar-refractivity contribution in [2.45, 2.75) is 26.8 Å². The van der Waals surface area contributed by atoms with E-state index in [1.165, 1.54) is 0 Å². The van der Waals surface area contributed by atoms with Crippen LogP contribution in [0.4, 0.5) is 0 Å². The van der Waals surface area contributed by atoms with Crippen LogP contribution in [0, 0.1) is 11.8 Å². The van der Waals surface area contributed by atoms with Crippen LogP contribution < -0.4 is 0 Å². The van der Waals surface area contributed by atoms with Crippen LogP contribution in [0.2, 0.25) is 0 Å². The average molecular weight is 264 g/mol. The molecule has 1 aliphatic rings. The molecule has 1 aromatic rings. The largest absolute Gasteiger partial charge is 0.481 e. The molecule has 1 aliphatic heterocycles. The molecule has 2 atom stereocenters. The topological polar surface area (TPSA) is 62.5 Å². The fourth-order valence-corrected chi connectivity index (χ4v) is 2.66. The third-order valence-electron chi connectivity index (χ3n) is 3.73. The van der Waals surface area contributed by atoms with Crippen LogP contribution in [0.25, 0.3) is 0 Å². The van der Waals surface area contributed by atoms with Gasteiger partial charge in [0.2, 0.25) is 0 Å². The molecule has 19 heavy (non-hydrogen) atoms. The predicted molar refractivity (Wildman–Crippen MR) is 70.9 cm³/mol. The number of nitrogens with zero attached hydrogens (tertiary/aromatic N) is 2. The van der Waals surface area contributed by atoms with Crippen LogP contribution in [0.15, 0.2) is 18.3 Å². The van der Waals surface area contributed by atoms with Gasteiger partial charge in [0.1, 0.15) is 5.69 Å². The highest BCUT2D eigenvalue weighted by Gasteiger charge is 2.37. The van der Waals surface area contributed by atoms with Gasteiger partial charge in [0.15, 0.2) is 0 Å². The summed E-state index contributed by atoms with van der Waals surface area (Å²) < 4.78 is 1.93. The summed E-state index contributed by atoms with van der Waals surface area (Å²) in [7, 11) is 0. The van der Waals surface area contributed by atoms with E-state index >= 15 is 0 Å². The number of carbonyl (C=O) groups excluding carboxylic acids is 1. The Hall–Kier alpha value is -1.78. The predicted octanol–water partition coefficient (Wildman–Crippen LogP) is 1.69. The summed E-state index contributed by atoms with van der Waals surface area (Å²) in [6.45, 7) is 5.59. The standard InChI is InChI=1S/C14H20N2O3/c1-3-6-15-7-4-5-12(15)13(17)16-8-10(2)11(9-16)14(18)19/h4-5,7,10-11H,3,6,8-9H2,1-2H3,(H,18,19)/t10-,11-/m1/s1. The monoisotopic (exact) mass is 264 g/mol. The second kappa shape index (κ2) is 5.47. The van der Waals surface area contributed by atoms with E-state index in [4.69, 9.17) is 5.11 Å². The highest BCUT2D eigenvalue weighted by molar-refractivity contribution is 5.93. The summed E-state index contributed by atoms with van der Waals surface area (Å²) in [5, 5.41) is 9.11. The fourth-order valence-electron chi connectivity index (χ4n) is 2.66. The maximum absolute atomic E-state index is 12.4. The molecule has 0 radical (unpaired) electrons. The van der Waals surface area contributed by atoms with E-state index in [1.54, 1.807) is 11.0 Å². The minimum atomic E-state index is -0.813. The number of hydrogen-bond donors (Lipinski definition) is 1. The van der Waals surface area contributed by atoms with Crippen LogP contribution >= 0.6 is 0 Å². The number of likely N-dealkylation sites (tertiary alicyclic amines) is 1. The average Bonchev–Trinajstić information content (AvgIpc) is 2.95. The molecule has 2 rings (SSSR count). The molecule has 5 nitrogen and oxygen atoms in total. The van der Waals surface area contributed by atoms with Gasteiger partial charge in [-0.05, 0) is 24.5 Å². The lowest BCUT2D eigenvalue weighted by atomic mass is 9.99. The van der Waals surface area contributed by atoms with Gasteiger partial charge < -0.3 is 14.6 Å². The van der Waals surface area contributed by atoms with E-state index in [0.717, 1.165) is 13.0 Å². The van der Waals surface area contributed by atoms with E-state index in [0.29, 0.717) is 18.8 Å². The van der Waals surface area contributed by atoms with Crippen molar-refractivity contribution in [2.24, 2.45) is 11.8 Å². The van der Waals surface area contributed by atoms with E-state index in [1.807, 2.05) is 23.8 Å². The zero-order chi connectivity index (χ0) is 14.0. The highest BCUT2D eigenvalue weighted by Crippen LogP contribution is 2.24. The molecule has 1 N–H and O–H groups in total. The van der Waals surface area contributed by atoms with Gasteiger partial charge in [0, 0.05) is 25.8 Å². The van der Waals surface area contributed by atoms with E-state index in [2.05, 4.69) is 6.92 Å². The van der Waals surface area contributed by atoms with Gasteiger partial charge in [0.05, 0.1) is 5.92 Å². The van der Waals surface area contributed by atoms with Crippen molar-refractivity contribution < 1.29 is 14.7 Å². The summed E-state index contributed by atoms with van der Waals surface area (Å²) in [5.41, 5.74) is 0.653. The van der Waals surface area contributed by atoms with Crippen LogP contribution in [0.3, 0.4) is 0 Å². The first-order valence-corrected chi connectivity index (χ1v) is 6.71. The van der Waals surface area contributed by atoms with Crippen molar-refractivity contribution in [3.8, 4) is 0 Å². The van der Waals surface area contributed by atoms with Crippen LogP contribution in [-0.2, 0) is 11.3 Å². The summed E-state index contributed by atoms with van der Waals surface area (Å²) >= 11 is 0. The van der Waals surface area contributed by atoms with Gasteiger partial charge in [-0.3, -0.25) is 9.59 Å². The molecular formula is C14H20N2O3. The number of aromatic nitrogens is 1. The van der Waals surface area contributed by atoms with Crippen molar-refractivity contribution in [2.75, 3.05) is 13.1 Å². The SMILES string of the molecule is CCCn1cccc1C(=O)N1C[C@@H](C)[C@H](C(=O)O)C1. The summed E-state index contributed by atoms with van der Waals surface area (Å²) in [6, 6.07) is 3.66. The molecule has 1 amide bonds. The minimum absolute atomic E-state index is 0.0102. The number of carbonyl (C=O) groups is 2. The Morgan fingerprint density at radius 3 is 2.74 bits per heavy atom. The van der Waals surface area contributed by atoms with Crippen molar-refractivity contribution in [3.63, 3.8) is 0 Å². The van der Waals surface area contributed by atoms with Crippen molar-refractivity contribution >= 4 is 11.9 Å². The van der Waals surface area contributed by atoms with Gasteiger partial charge in [-0.15, -0.1) is 0 Å². The normalized spacial score (nSPS) is 22.7. The van der Waals surface area contributed by atoms with Gasteiger partial charge in [-0.25, -0.2) is 0 Å². The zero-order valence-electron chi connectivity index (χ0n) is 11.4. The molecule has 1 saturated heterocycles. The number of carboxylic acids is 1. The molecule has 0 aromatic carbocycles. The first kappa shape index (κ1) is 13.6. The number of hydrogen-bond acceptors (Lipinski definition) is 2. The Morgan fingerprint density at radius 2 is 2.16 bits per heavy atom. The van der Waals surface area contributed by atoms with Crippen LogP contribution in [-0.4, -0.2) is 39.5 Å². The molecular weight excluding hydrogens is 244 g/mol. The van der Waals surface area contributed by atoms with Crippen molar-refractivity contribution in [1.82, 2.24) is 9.47 Å². The Kier molecular flexibility index (Phi) is 3.93. The highest BCUT2D eigenvalue weighted by atomic mass is 16.4. The Bertz CT molecular complexity index is 481. The number of aliphatic carboxylic acids is 1. The molecule has 0 saturated carbocycles. The quantitative estimate of drug-likeness (QED) is 0.900. The smallest absolute Gasteiger partial charge is 0.308 e. The lowest BCUT2D eigenvalue weighted by Crippen LogP contribution is -2.31. The molecule has 0 unspecified atom stereocenters. The maximum Gasteiger partial charge on any atom is 0.308 e. The Labute approximate surface area is 112 Å². The first-order valence-electron chi connectivity index (χ1n) is 6.71. The second-order valence-electron chi connectivity index (χ2n) is 5.22. The number of aryl methyl sites for hydroxylation is 1. The molecule has 2 heterocycles. The van der Waals surface area contributed by atoms with E-state index in [-0.39, 0.29) is 11.8 Å². The van der Waals surface area contributed by atoms with Crippen LogP contribution in [0.1, 0.15) is 30.8 Å². The number of amides is 1. The summed E-state index contributed by atoms with van der Waals surface area (Å²) in [6.07, 6.45) is 2.86. The molecule has 1 fully saturated rings. The first-order chi connectivity index (χ1) is 9.04. The third-order valence-corrected chi connectivity index (χ3v) is 3.73. The fraction of sp³-hybridized carbons (Fsp3) is 0.571. The molecule has 0 bridgehead atoms. The van der Waals surface area contributed by atoms with Gasteiger partial charge in [-0.2, -0.15) is 0 Å². The molecule has 0 aliphatic carbocycles.